The minimum absolute atomic E-state index is 0.189. The number of halogens is 3. The SMILES string of the molecule is CCNC(=NCCNS(C)(=O)=O)NCCc1ccc(C(F)(F)F)cc1. The summed E-state index contributed by atoms with van der Waals surface area (Å²) >= 11 is 0. The number of nitrogens with zero attached hydrogens (tertiary/aromatic N) is 1. The second kappa shape index (κ2) is 9.62. The summed E-state index contributed by atoms with van der Waals surface area (Å²) in [6.45, 7) is 3.46. The van der Waals surface area contributed by atoms with Gasteiger partial charge in [-0.1, -0.05) is 12.1 Å². The lowest BCUT2D eigenvalue weighted by Gasteiger charge is -2.12. The van der Waals surface area contributed by atoms with Crippen LogP contribution in [0.15, 0.2) is 29.3 Å². The average molecular weight is 380 g/mol. The van der Waals surface area contributed by atoms with E-state index in [2.05, 4.69) is 20.3 Å². The molecule has 6 nitrogen and oxygen atoms in total. The van der Waals surface area contributed by atoms with Crippen LogP contribution in [0.25, 0.3) is 0 Å². The minimum atomic E-state index is -4.33. The van der Waals surface area contributed by atoms with Crippen LogP contribution in [0.4, 0.5) is 13.2 Å². The second-order valence-corrected chi connectivity index (χ2v) is 7.13. The molecule has 1 aromatic carbocycles. The summed E-state index contributed by atoms with van der Waals surface area (Å²) in [6, 6.07) is 5.02. The average Bonchev–Trinajstić information content (AvgIpc) is 2.50. The summed E-state index contributed by atoms with van der Waals surface area (Å²) in [5.74, 6) is 0.518. The maximum atomic E-state index is 12.5. The normalized spacial score (nSPS) is 12.9. The summed E-state index contributed by atoms with van der Waals surface area (Å²) in [7, 11) is -3.24. The van der Waals surface area contributed by atoms with Crippen molar-refractivity contribution < 1.29 is 21.6 Å². The highest BCUT2D eigenvalue weighted by Crippen LogP contribution is 2.29. The topological polar surface area (TPSA) is 82.6 Å². The number of aliphatic imine (C=N–C) groups is 1. The summed E-state index contributed by atoms with van der Waals surface area (Å²) in [5.41, 5.74) is 0.104. The van der Waals surface area contributed by atoms with Crippen molar-refractivity contribution >= 4 is 16.0 Å². The standard InChI is InChI=1S/C15H23F3N4O2S/c1-3-19-14(21-10-11-22-25(2,23)24)20-9-8-12-4-6-13(7-5-12)15(16,17)18/h4-7,22H,3,8-11H2,1-2H3,(H2,19,20,21). The highest BCUT2D eigenvalue weighted by Gasteiger charge is 2.29. The van der Waals surface area contributed by atoms with Gasteiger partial charge in [0, 0.05) is 19.6 Å². The molecule has 0 saturated carbocycles. The first-order valence-corrected chi connectivity index (χ1v) is 9.64. The van der Waals surface area contributed by atoms with Gasteiger partial charge in [0.2, 0.25) is 10.0 Å². The van der Waals surface area contributed by atoms with Crippen LogP contribution in [0, 0.1) is 0 Å². The van der Waals surface area contributed by atoms with Crippen LogP contribution in [0.1, 0.15) is 18.1 Å². The van der Waals surface area contributed by atoms with Gasteiger partial charge in [0.15, 0.2) is 5.96 Å². The summed E-state index contributed by atoms with van der Waals surface area (Å²) in [4.78, 5) is 4.21. The van der Waals surface area contributed by atoms with E-state index in [4.69, 9.17) is 0 Å². The van der Waals surface area contributed by atoms with E-state index in [1.807, 2.05) is 6.92 Å². The highest BCUT2D eigenvalue weighted by atomic mass is 32.2. The third-order valence-corrected chi connectivity index (χ3v) is 3.81. The zero-order valence-electron chi connectivity index (χ0n) is 14.2. The molecule has 25 heavy (non-hydrogen) atoms. The van der Waals surface area contributed by atoms with Gasteiger partial charge in [-0.25, -0.2) is 13.1 Å². The molecule has 0 radical (unpaired) electrons. The Kier molecular flexibility index (Phi) is 8.17. The molecule has 0 fully saturated rings. The molecular formula is C15H23F3N4O2S. The lowest BCUT2D eigenvalue weighted by Crippen LogP contribution is -2.39. The first-order valence-electron chi connectivity index (χ1n) is 7.75. The van der Waals surface area contributed by atoms with E-state index < -0.39 is 21.8 Å². The number of hydrogen-bond acceptors (Lipinski definition) is 3. The zero-order valence-corrected chi connectivity index (χ0v) is 15.0. The molecule has 0 atom stereocenters. The molecule has 0 aromatic heterocycles. The van der Waals surface area contributed by atoms with Crippen molar-refractivity contribution in [3.05, 3.63) is 35.4 Å². The maximum Gasteiger partial charge on any atom is 0.416 e. The number of rotatable bonds is 8. The predicted molar refractivity (Wildman–Crippen MR) is 92.0 cm³/mol. The van der Waals surface area contributed by atoms with Crippen molar-refractivity contribution in [3.63, 3.8) is 0 Å². The summed E-state index contributed by atoms with van der Waals surface area (Å²) < 4.78 is 61.8. The van der Waals surface area contributed by atoms with Gasteiger partial charge >= 0.3 is 6.18 Å². The fraction of sp³-hybridized carbons (Fsp3) is 0.533. The molecule has 0 bridgehead atoms. The number of nitrogens with one attached hydrogen (secondary N) is 3. The molecule has 0 unspecified atom stereocenters. The largest absolute Gasteiger partial charge is 0.416 e. The summed E-state index contributed by atoms with van der Waals surface area (Å²) in [6.07, 6.45) is -2.73. The third kappa shape index (κ3) is 9.30. The van der Waals surface area contributed by atoms with Gasteiger partial charge in [0.25, 0.3) is 0 Å². The molecule has 0 heterocycles. The molecule has 0 aliphatic heterocycles. The summed E-state index contributed by atoms with van der Waals surface area (Å²) in [5, 5.41) is 6.06. The van der Waals surface area contributed by atoms with Gasteiger partial charge in [-0.3, -0.25) is 4.99 Å². The minimum Gasteiger partial charge on any atom is -0.357 e. The van der Waals surface area contributed by atoms with E-state index in [9.17, 15) is 21.6 Å². The highest BCUT2D eigenvalue weighted by molar-refractivity contribution is 7.88. The molecule has 1 rings (SSSR count). The molecule has 0 saturated heterocycles. The van der Waals surface area contributed by atoms with Gasteiger partial charge in [0.05, 0.1) is 18.4 Å². The number of hydrogen-bond donors (Lipinski definition) is 3. The van der Waals surface area contributed by atoms with E-state index in [0.29, 0.717) is 25.5 Å². The van der Waals surface area contributed by atoms with Crippen molar-refractivity contribution in [3.8, 4) is 0 Å². The van der Waals surface area contributed by atoms with Crippen molar-refractivity contribution in [1.82, 2.24) is 15.4 Å². The van der Waals surface area contributed by atoms with Crippen LogP contribution in [0.5, 0.6) is 0 Å². The van der Waals surface area contributed by atoms with Gasteiger partial charge in [-0.05, 0) is 31.0 Å². The van der Waals surface area contributed by atoms with Gasteiger partial charge in [-0.15, -0.1) is 0 Å². The molecule has 142 valence electrons. The van der Waals surface area contributed by atoms with Gasteiger partial charge < -0.3 is 10.6 Å². The first kappa shape index (κ1) is 21.2. The van der Waals surface area contributed by atoms with Crippen molar-refractivity contribution in [2.75, 3.05) is 32.4 Å². The van der Waals surface area contributed by atoms with Crippen LogP contribution < -0.4 is 15.4 Å². The van der Waals surface area contributed by atoms with Crippen LogP contribution in [0.3, 0.4) is 0 Å². The molecule has 0 spiro atoms. The Morgan fingerprint density at radius 3 is 2.28 bits per heavy atom. The van der Waals surface area contributed by atoms with Gasteiger partial charge in [-0.2, -0.15) is 13.2 Å². The van der Waals surface area contributed by atoms with Crippen LogP contribution in [-0.4, -0.2) is 46.8 Å². The quantitative estimate of drug-likeness (QED) is 0.361. The lowest BCUT2D eigenvalue weighted by atomic mass is 10.1. The van der Waals surface area contributed by atoms with Crippen molar-refractivity contribution in [1.29, 1.82) is 0 Å². The van der Waals surface area contributed by atoms with Crippen molar-refractivity contribution in [2.24, 2.45) is 4.99 Å². The lowest BCUT2D eigenvalue weighted by molar-refractivity contribution is -0.137. The second-order valence-electron chi connectivity index (χ2n) is 5.30. The number of guanidine groups is 1. The molecule has 0 aliphatic carbocycles. The van der Waals surface area contributed by atoms with Crippen LogP contribution in [-0.2, 0) is 22.6 Å². The predicted octanol–water partition coefficient (Wildman–Crippen LogP) is 1.35. The maximum absolute atomic E-state index is 12.5. The number of sulfonamides is 1. The van der Waals surface area contributed by atoms with E-state index >= 15 is 0 Å². The molecule has 10 heteroatoms. The smallest absolute Gasteiger partial charge is 0.357 e. The van der Waals surface area contributed by atoms with Crippen molar-refractivity contribution in [2.45, 2.75) is 19.5 Å². The monoisotopic (exact) mass is 380 g/mol. The molecule has 1 aromatic rings. The van der Waals surface area contributed by atoms with E-state index in [1.165, 1.54) is 12.1 Å². The first-order chi connectivity index (χ1) is 11.6. The Morgan fingerprint density at radius 2 is 1.76 bits per heavy atom. The Labute approximate surface area is 146 Å². The number of benzene rings is 1. The number of alkyl halides is 3. The zero-order chi connectivity index (χ0) is 18.9. The molecular weight excluding hydrogens is 357 g/mol. The third-order valence-electron chi connectivity index (χ3n) is 3.08. The molecule has 0 aliphatic rings. The fourth-order valence-corrected chi connectivity index (χ4v) is 2.39. The Morgan fingerprint density at radius 1 is 1.12 bits per heavy atom. The Bertz CT molecular complexity index is 658. The van der Waals surface area contributed by atoms with E-state index in [0.717, 1.165) is 24.0 Å². The van der Waals surface area contributed by atoms with Gasteiger partial charge in [0.1, 0.15) is 0 Å². The van der Waals surface area contributed by atoms with Crippen LogP contribution in [0.2, 0.25) is 0 Å². The van der Waals surface area contributed by atoms with E-state index in [1.54, 1.807) is 0 Å². The molecule has 3 N–H and O–H groups in total. The Hall–Kier alpha value is -1.81. The Balaban J connectivity index is 2.46. The van der Waals surface area contributed by atoms with E-state index in [-0.39, 0.29) is 13.1 Å². The fourth-order valence-electron chi connectivity index (χ4n) is 1.93. The van der Waals surface area contributed by atoms with Crippen LogP contribution >= 0.6 is 0 Å². The molecule has 0 amide bonds.